The summed E-state index contributed by atoms with van der Waals surface area (Å²) in [6.07, 6.45) is 15.9. The van der Waals surface area contributed by atoms with Crippen LogP contribution >= 0.6 is 0 Å². The second-order valence-electron chi connectivity index (χ2n) is 7.51. The zero-order valence-electron chi connectivity index (χ0n) is 13.2. The molecule has 0 aromatic carbocycles. The second kappa shape index (κ2) is 6.36. The van der Waals surface area contributed by atoms with Crippen molar-refractivity contribution in [3.63, 3.8) is 0 Å². The molecule has 0 aliphatic heterocycles. The van der Waals surface area contributed by atoms with Gasteiger partial charge in [0.1, 0.15) is 0 Å². The third-order valence-corrected chi connectivity index (χ3v) is 6.48. The molecule has 0 aromatic rings. The summed E-state index contributed by atoms with van der Waals surface area (Å²) in [5, 5.41) is 10.4. The molecule has 3 saturated carbocycles. The zero-order valence-corrected chi connectivity index (χ0v) is 13.2. The molecule has 4 unspecified atom stereocenters. The number of aliphatic hydroxyl groups is 1. The van der Waals surface area contributed by atoms with Gasteiger partial charge in [0, 0.05) is 11.8 Å². The highest BCUT2D eigenvalue weighted by Gasteiger charge is 2.55. The van der Waals surface area contributed by atoms with Crippen LogP contribution in [0.5, 0.6) is 0 Å². The summed E-state index contributed by atoms with van der Waals surface area (Å²) < 4.78 is 6.59. The summed E-state index contributed by atoms with van der Waals surface area (Å²) in [5.41, 5.74) is 0.131. The number of aliphatic hydroxyl groups excluding tert-OH is 1. The summed E-state index contributed by atoms with van der Waals surface area (Å²) >= 11 is 0. The van der Waals surface area contributed by atoms with Crippen molar-refractivity contribution in [1.29, 1.82) is 0 Å². The first-order chi connectivity index (χ1) is 9.76. The van der Waals surface area contributed by atoms with Crippen LogP contribution in [0.3, 0.4) is 0 Å². The Morgan fingerprint density at radius 1 is 1.00 bits per heavy atom. The van der Waals surface area contributed by atoms with Crippen molar-refractivity contribution in [2.45, 2.75) is 102 Å². The quantitative estimate of drug-likeness (QED) is 0.828. The monoisotopic (exact) mass is 280 g/mol. The summed E-state index contributed by atoms with van der Waals surface area (Å²) in [6.45, 7) is 2.31. The number of rotatable bonds is 3. The van der Waals surface area contributed by atoms with Crippen molar-refractivity contribution < 1.29 is 9.84 Å². The predicted molar refractivity (Wildman–Crippen MR) is 81.7 cm³/mol. The largest absolute Gasteiger partial charge is 0.392 e. The molecule has 4 atom stereocenters. The van der Waals surface area contributed by atoms with Crippen molar-refractivity contribution in [3.05, 3.63) is 0 Å². The molecular weight excluding hydrogens is 248 g/mol. The maximum Gasteiger partial charge on any atom is 0.0684 e. The van der Waals surface area contributed by atoms with E-state index in [0.717, 1.165) is 12.3 Å². The molecule has 20 heavy (non-hydrogen) atoms. The Labute approximate surface area is 124 Å². The molecule has 3 rings (SSSR count). The van der Waals surface area contributed by atoms with Gasteiger partial charge in [-0.05, 0) is 31.6 Å². The molecule has 2 heteroatoms. The van der Waals surface area contributed by atoms with E-state index >= 15 is 0 Å². The minimum Gasteiger partial charge on any atom is -0.392 e. The van der Waals surface area contributed by atoms with Gasteiger partial charge >= 0.3 is 0 Å². The van der Waals surface area contributed by atoms with E-state index in [9.17, 15) is 5.11 Å². The Morgan fingerprint density at radius 2 is 1.70 bits per heavy atom. The van der Waals surface area contributed by atoms with Crippen LogP contribution in [0.4, 0.5) is 0 Å². The molecule has 0 saturated heterocycles. The Morgan fingerprint density at radius 3 is 2.35 bits per heavy atom. The fourth-order valence-corrected chi connectivity index (χ4v) is 4.99. The summed E-state index contributed by atoms with van der Waals surface area (Å²) in [5.74, 6) is 0.768. The maximum absolute atomic E-state index is 10.4. The van der Waals surface area contributed by atoms with Gasteiger partial charge in [0.25, 0.3) is 0 Å². The molecule has 0 radical (unpaired) electrons. The summed E-state index contributed by atoms with van der Waals surface area (Å²) in [6, 6.07) is 0. The highest BCUT2D eigenvalue weighted by Crippen LogP contribution is 2.53. The topological polar surface area (TPSA) is 29.5 Å². The third kappa shape index (κ3) is 2.66. The van der Waals surface area contributed by atoms with Crippen molar-refractivity contribution >= 4 is 0 Å². The fourth-order valence-electron chi connectivity index (χ4n) is 4.99. The van der Waals surface area contributed by atoms with E-state index in [1.165, 1.54) is 70.6 Å². The van der Waals surface area contributed by atoms with Gasteiger partial charge < -0.3 is 9.84 Å². The minimum absolute atomic E-state index is 0.0886. The van der Waals surface area contributed by atoms with Gasteiger partial charge in [0.15, 0.2) is 0 Å². The van der Waals surface area contributed by atoms with E-state index in [-0.39, 0.29) is 11.5 Å². The molecule has 1 N–H and O–H groups in total. The summed E-state index contributed by atoms with van der Waals surface area (Å²) in [4.78, 5) is 0. The smallest absolute Gasteiger partial charge is 0.0684 e. The molecular formula is C18H32O2. The lowest BCUT2D eigenvalue weighted by molar-refractivity contribution is -0.226. The van der Waals surface area contributed by atoms with Crippen LogP contribution in [0.25, 0.3) is 0 Å². The van der Waals surface area contributed by atoms with Crippen LogP contribution in [0.2, 0.25) is 0 Å². The van der Waals surface area contributed by atoms with Crippen LogP contribution in [0, 0.1) is 11.3 Å². The molecule has 116 valence electrons. The highest BCUT2D eigenvalue weighted by molar-refractivity contribution is 5.05. The maximum atomic E-state index is 10.4. The average Bonchev–Trinajstić information content (AvgIpc) is 2.75. The lowest BCUT2D eigenvalue weighted by Crippen LogP contribution is -2.59. The number of hydrogen-bond donors (Lipinski definition) is 1. The van der Waals surface area contributed by atoms with Crippen molar-refractivity contribution in [3.8, 4) is 0 Å². The lowest BCUT2D eigenvalue weighted by atomic mass is 9.59. The average molecular weight is 280 g/mol. The van der Waals surface area contributed by atoms with Gasteiger partial charge in [0.2, 0.25) is 0 Å². The predicted octanol–water partition coefficient (Wildman–Crippen LogP) is 4.45. The normalized spacial score (nSPS) is 41.1. The Hall–Kier alpha value is -0.0800. The van der Waals surface area contributed by atoms with Crippen molar-refractivity contribution in [1.82, 2.24) is 0 Å². The number of ether oxygens (including phenoxy) is 1. The first-order valence-corrected chi connectivity index (χ1v) is 9.10. The van der Waals surface area contributed by atoms with E-state index in [0.29, 0.717) is 12.2 Å². The van der Waals surface area contributed by atoms with Crippen molar-refractivity contribution in [2.24, 2.45) is 11.3 Å². The minimum atomic E-state index is -0.0886. The van der Waals surface area contributed by atoms with E-state index in [1.807, 2.05) is 0 Å². The van der Waals surface area contributed by atoms with Crippen LogP contribution in [0.15, 0.2) is 0 Å². The fraction of sp³-hybridized carbons (Fsp3) is 1.00. The Balaban J connectivity index is 1.64. The van der Waals surface area contributed by atoms with Crippen LogP contribution < -0.4 is 0 Å². The molecule has 0 heterocycles. The molecule has 0 aromatic heterocycles. The van der Waals surface area contributed by atoms with Crippen LogP contribution in [-0.2, 0) is 4.74 Å². The first kappa shape index (κ1) is 14.8. The molecule has 1 spiro atoms. The van der Waals surface area contributed by atoms with E-state index in [2.05, 4.69) is 6.92 Å². The Kier molecular flexibility index (Phi) is 4.72. The van der Waals surface area contributed by atoms with Crippen molar-refractivity contribution in [2.75, 3.05) is 0 Å². The van der Waals surface area contributed by atoms with E-state index < -0.39 is 0 Å². The van der Waals surface area contributed by atoms with Crippen LogP contribution in [-0.4, -0.2) is 23.4 Å². The standard InChI is InChI=1S/C18H32O2/c1-2-14-9-5-6-10-15(14)20-17-13-16(19)18(17)11-7-3-4-8-12-18/h14-17,19H,2-13H2,1H3. The molecule has 2 nitrogen and oxygen atoms in total. The third-order valence-electron chi connectivity index (χ3n) is 6.48. The van der Waals surface area contributed by atoms with Gasteiger partial charge in [0.05, 0.1) is 18.3 Å². The molecule has 3 aliphatic carbocycles. The Bertz CT molecular complexity index is 307. The SMILES string of the molecule is CCC1CCCCC1OC1CC(O)C12CCCCCC2. The zero-order chi connectivity index (χ0) is 14.0. The number of hydrogen-bond acceptors (Lipinski definition) is 2. The highest BCUT2D eigenvalue weighted by atomic mass is 16.5. The van der Waals surface area contributed by atoms with E-state index in [1.54, 1.807) is 0 Å². The second-order valence-corrected chi connectivity index (χ2v) is 7.51. The van der Waals surface area contributed by atoms with Gasteiger partial charge in [-0.3, -0.25) is 0 Å². The van der Waals surface area contributed by atoms with Crippen LogP contribution in [0.1, 0.15) is 84.0 Å². The lowest BCUT2D eigenvalue weighted by Gasteiger charge is -2.55. The summed E-state index contributed by atoms with van der Waals surface area (Å²) in [7, 11) is 0. The van der Waals surface area contributed by atoms with Gasteiger partial charge in [-0.25, -0.2) is 0 Å². The molecule has 0 bridgehead atoms. The molecule has 3 aliphatic rings. The molecule has 0 amide bonds. The van der Waals surface area contributed by atoms with E-state index in [4.69, 9.17) is 4.74 Å². The first-order valence-electron chi connectivity index (χ1n) is 9.10. The van der Waals surface area contributed by atoms with Gasteiger partial charge in [-0.15, -0.1) is 0 Å². The molecule has 3 fully saturated rings. The van der Waals surface area contributed by atoms with Gasteiger partial charge in [-0.2, -0.15) is 0 Å². The van der Waals surface area contributed by atoms with Gasteiger partial charge in [-0.1, -0.05) is 51.9 Å².